The molecule has 0 saturated heterocycles. The van der Waals surface area contributed by atoms with Gasteiger partial charge in [0.15, 0.2) is 0 Å². The zero-order valence-corrected chi connectivity index (χ0v) is 14.7. The highest BCUT2D eigenvalue weighted by Crippen LogP contribution is 2.35. The van der Waals surface area contributed by atoms with Gasteiger partial charge in [-0.05, 0) is 70.3 Å². The van der Waals surface area contributed by atoms with E-state index in [0.717, 1.165) is 21.2 Å². The van der Waals surface area contributed by atoms with Crippen LogP contribution in [0.4, 0.5) is 0 Å². The molecule has 0 heterocycles. The molecule has 0 radical (unpaired) electrons. The summed E-state index contributed by atoms with van der Waals surface area (Å²) in [4.78, 5) is 0. The molecule has 0 spiro atoms. The van der Waals surface area contributed by atoms with Crippen LogP contribution in [0.3, 0.4) is 0 Å². The fraction of sp³-hybridized carbons (Fsp3) is 0.467. The third-order valence-corrected chi connectivity index (χ3v) is 3.55. The Hall–Kier alpha value is -0.500. The average molecular weight is 389 g/mol. The molecule has 0 amide bonds. The molecule has 0 aliphatic heterocycles. The first-order valence-electron chi connectivity index (χ1n) is 6.12. The van der Waals surface area contributed by atoms with Crippen molar-refractivity contribution >= 4 is 31.9 Å². The average Bonchev–Trinajstić information content (AvgIpc) is 2.29. The second kappa shape index (κ2) is 7.33. The standard InChI is InChI=1S/C15H19Br2NO/c1-5-6-7-19-14-12(16)8-11(9-13(14)17)10-18-15(2,3)4/h1,8-9,18H,6-7,10H2,2-4H3. The molecule has 0 atom stereocenters. The van der Waals surface area contributed by atoms with Crippen molar-refractivity contribution in [2.24, 2.45) is 0 Å². The van der Waals surface area contributed by atoms with Crippen LogP contribution in [0.25, 0.3) is 0 Å². The van der Waals surface area contributed by atoms with Gasteiger partial charge in [0.05, 0.1) is 15.6 Å². The van der Waals surface area contributed by atoms with Gasteiger partial charge in [-0.2, -0.15) is 0 Å². The van der Waals surface area contributed by atoms with E-state index in [4.69, 9.17) is 11.2 Å². The first-order chi connectivity index (χ1) is 8.83. The highest BCUT2D eigenvalue weighted by molar-refractivity contribution is 9.11. The Balaban J connectivity index is 2.76. The normalized spacial score (nSPS) is 11.2. The van der Waals surface area contributed by atoms with Gasteiger partial charge in [-0.25, -0.2) is 0 Å². The van der Waals surface area contributed by atoms with Crippen molar-refractivity contribution in [2.75, 3.05) is 6.61 Å². The first kappa shape index (κ1) is 16.6. The Morgan fingerprint density at radius 3 is 2.32 bits per heavy atom. The van der Waals surface area contributed by atoms with Gasteiger partial charge in [-0.3, -0.25) is 0 Å². The maximum atomic E-state index is 5.65. The van der Waals surface area contributed by atoms with Gasteiger partial charge in [-0.15, -0.1) is 12.3 Å². The molecule has 1 N–H and O–H groups in total. The maximum Gasteiger partial charge on any atom is 0.147 e. The van der Waals surface area contributed by atoms with Crippen LogP contribution in [-0.2, 0) is 6.54 Å². The van der Waals surface area contributed by atoms with Crippen LogP contribution in [-0.4, -0.2) is 12.1 Å². The molecule has 1 aromatic carbocycles. The van der Waals surface area contributed by atoms with Crippen molar-refractivity contribution in [2.45, 2.75) is 39.3 Å². The van der Waals surface area contributed by atoms with Gasteiger partial charge in [0, 0.05) is 18.5 Å². The number of halogens is 2. The van der Waals surface area contributed by atoms with Crippen molar-refractivity contribution < 1.29 is 4.74 Å². The lowest BCUT2D eigenvalue weighted by molar-refractivity contribution is 0.323. The minimum Gasteiger partial charge on any atom is -0.490 e. The Kier molecular flexibility index (Phi) is 6.38. The summed E-state index contributed by atoms with van der Waals surface area (Å²) < 4.78 is 7.52. The molecule has 0 aromatic heterocycles. The molecule has 1 aromatic rings. The van der Waals surface area contributed by atoms with E-state index in [0.29, 0.717) is 13.0 Å². The summed E-state index contributed by atoms with van der Waals surface area (Å²) in [7, 11) is 0. The van der Waals surface area contributed by atoms with E-state index in [2.05, 4.69) is 76.0 Å². The van der Waals surface area contributed by atoms with Crippen LogP contribution in [0, 0.1) is 12.3 Å². The van der Waals surface area contributed by atoms with Crippen LogP contribution >= 0.6 is 31.9 Å². The Labute approximate surface area is 132 Å². The van der Waals surface area contributed by atoms with Gasteiger partial charge in [0.1, 0.15) is 5.75 Å². The number of hydrogen-bond acceptors (Lipinski definition) is 2. The number of benzene rings is 1. The second-order valence-electron chi connectivity index (χ2n) is 5.29. The van der Waals surface area contributed by atoms with Crippen LogP contribution in [0.15, 0.2) is 21.1 Å². The minimum absolute atomic E-state index is 0.0981. The van der Waals surface area contributed by atoms with E-state index in [1.807, 2.05) is 0 Å². The number of nitrogens with one attached hydrogen (secondary N) is 1. The molecule has 2 nitrogen and oxygen atoms in total. The van der Waals surface area contributed by atoms with Crippen molar-refractivity contribution in [1.82, 2.24) is 5.32 Å². The van der Waals surface area contributed by atoms with Crippen molar-refractivity contribution in [3.63, 3.8) is 0 Å². The number of hydrogen-bond donors (Lipinski definition) is 1. The Bertz CT molecular complexity index is 449. The number of terminal acetylenes is 1. The van der Waals surface area contributed by atoms with Crippen LogP contribution in [0.1, 0.15) is 32.8 Å². The van der Waals surface area contributed by atoms with E-state index in [1.165, 1.54) is 5.56 Å². The molecule has 0 fully saturated rings. The van der Waals surface area contributed by atoms with E-state index < -0.39 is 0 Å². The van der Waals surface area contributed by atoms with Crippen LogP contribution in [0.5, 0.6) is 5.75 Å². The van der Waals surface area contributed by atoms with Crippen LogP contribution < -0.4 is 10.1 Å². The summed E-state index contributed by atoms with van der Waals surface area (Å²) in [5, 5.41) is 3.46. The van der Waals surface area contributed by atoms with Gasteiger partial charge in [0.25, 0.3) is 0 Å². The van der Waals surface area contributed by atoms with E-state index in [-0.39, 0.29) is 5.54 Å². The van der Waals surface area contributed by atoms with E-state index >= 15 is 0 Å². The Morgan fingerprint density at radius 2 is 1.84 bits per heavy atom. The molecule has 0 aliphatic carbocycles. The van der Waals surface area contributed by atoms with Crippen molar-refractivity contribution in [1.29, 1.82) is 0 Å². The van der Waals surface area contributed by atoms with Crippen molar-refractivity contribution in [3.8, 4) is 18.1 Å². The first-order valence-corrected chi connectivity index (χ1v) is 7.71. The van der Waals surface area contributed by atoms with Gasteiger partial charge in [0.2, 0.25) is 0 Å². The maximum absolute atomic E-state index is 5.65. The summed E-state index contributed by atoms with van der Waals surface area (Å²) >= 11 is 7.07. The third kappa shape index (κ3) is 5.99. The zero-order valence-electron chi connectivity index (χ0n) is 11.5. The molecule has 0 aliphatic rings. The second-order valence-corrected chi connectivity index (χ2v) is 7.00. The lowest BCUT2D eigenvalue weighted by Crippen LogP contribution is -2.35. The molecule has 4 heteroatoms. The molecule has 104 valence electrons. The van der Waals surface area contributed by atoms with Gasteiger partial charge < -0.3 is 10.1 Å². The summed E-state index contributed by atoms with van der Waals surface area (Å²) in [6.07, 6.45) is 5.81. The molecular weight excluding hydrogens is 370 g/mol. The molecule has 1 rings (SSSR count). The summed E-state index contributed by atoms with van der Waals surface area (Å²) in [6, 6.07) is 4.13. The SMILES string of the molecule is C#CCCOc1c(Br)cc(CNC(C)(C)C)cc1Br. The molecule has 0 saturated carbocycles. The quantitative estimate of drug-likeness (QED) is 0.592. The molecule has 0 bridgehead atoms. The molecule has 0 unspecified atom stereocenters. The van der Waals surface area contributed by atoms with E-state index in [9.17, 15) is 0 Å². The smallest absolute Gasteiger partial charge is 0.147 e. The fourth-order valence-electron chi connectivity index (χ4n) is 1.43. The number of rotatable bonds is 5. The molecular formula is C15H19Br2NO. The largest absolute Gasteiger partial charge is 0.490 e. The molecule has 19 heavy (non-hydrogen) atoms. The predicted octanol–water partition coefficient (Wildman–Crippen LogP) is 4.50. The lowest BCUT2D eigenvalue weighted by atomic mass is 10.1. The Morgan fingerprint density at radius 1 is 1.26 bits per heavy atom. The third-order valence-electron chi connectivity index (χ3n) is 2.37. The van der Waals surface area contributed by atoms with Crippen LogP contribution in [0.2, 0.25) is 0 Å². The summed E-state index contributed by atoms with van der Waals surface area (Å²) in [6.45, 7) is 7.77. The predicted molar refractivity (Wildman–Crippen MR) is 87.4 cm³/mol. The summed E-state index contributed by atoms with van der Waals surface area (Å²) in [5.41, 5.74) is 1.29. The monoisotopic (exact) mass is 387 g/mol. The topological polar surface area (TPSA) is 21.3 Å². The van der Waals surface area contributed by atoms with Gasteiger partial charge >= 0.3 is 0 Å². The highest BCUT2D eigenvalue weighted by Gasteiger charge is 2.12. The number of ether oxygens (including phenoxy) is 1. The lowest BCUT2D eigenvalue weighted by Gasteiger charge is -2.21. The van der Waals surface area contributed by atoms with Gasteiger partial charge in [-0.1, -0.05) is 0 Å². The summed E-state index contributed by atoms with van der Waals surface area (Å²) in [5.74, 6) is 3.36. The van der Waals surface area contributed by atoms with Crippen molar-refractivity contribution in [3.05, 3.63) is 26.6 Å². The highest BCUT2D eigenvalue weighted by atomic mass is 79.9. The minimum atomic E-state index is 0.0981. The zero-order chi connectivity index (χ0) is 14.5. The van der Waals surface area contributed by atoms with E-state index in [1.54, 1.807) is 0 Å². The fourth-order valence-corrected chi connectivity index (χ4v) is 2.94.